The molecule has 1 aliphatic carbocycles. The van der Waals surface area contributed by atoms with Crippen molar-refractivity contribution in [1.82, 2.24) is 9.91 Å². The third-order valence-electron chi connectivity index (χ3n) is 3.52. The number of hydrazone groups is 1. The lowest BCUT2D eigenvalue weighted by Gasteiger charge is -2.31. The molecule has 0 aromatic heterocycles. The third kappa shape index (κ3) is 2.77. The van der Waals surface area contributed by atoms with Gasteiger partial charge in [0.1, 0.15) is 0 Å². The Balaban J connectivity index is 2.10. The van der Waals surface area contributed by atoms with Gasteiger partial charge in [-0.15, -0.1) is 0 Å². The van der Waals surface area contributed by atoms with Gasteiger partial charge in [0.2, 0.25) is 0 Å². The van der Waals surface area contributed by atoms with Gasteiger partial charge >= 0.3 is 0 Å². The van der Waals surface area contributed by atoms with E-state index in [1.807, 2.05) is 12.1 Å². The van der Waals surface area contributed by atoms with Crippen molar-refractivity contribution in [2.45, 2.75) is 33.2 Å². The summed E-state index contributed by atoms with van der Waals surface area (Å²) in [6.45, 7) is 9.08. The van der Waals surface area contributed by atoms with Gasteiger partial charge in [-0.3, -0.25) is 5.01 Å². The topological polar surface area (TPSA) is 18.8 Å². The molecule has 2 rings (SSSR count). The molecular weight excluding hydrogens is 222 g/mol. The monoisotopic (exact) mass is 247 g/mol. The minimum Gasteiger partial charge on any atom is -0.372 e. The molecule has 2 aliphatic rings. The molecule has 0 radical (unpaired) electrons. The molecule has 0 saturated carbocycles. The lowest BCUT2D eigenvalue weighted by Crippen LogP contribution is -2.33. The van der Waals surface area contributed by atoms with E-state index in [2.05, 4.69) is 55.2 Å². The van der Waals surface area contributed by atoms with Crippen LogP contribution in [0.2, 0.25) is 0 Å². The number of rotatable bonds is 5. The van der Waals surface area contributed by atoms with E-state index in [0.717, 1.165) is 13.1 Å². The van der Waals surface area contributed by atoms with E-state index in [1.165, 1.54) is 12.1 Å². The van der Waals surface area contributed by atoms with Gasteiger partial charge in [0.25, 0.3) is 0 Å². The van der Waals surface area contributed by atoms with E-state index in [-0.39, 0.29) is 0 Å². The van der Waals surface area contributed by atoms with E-state index >= 15 is 0 Å². The van der Waals surface area contributed by atoms with Crippen LogP contribution in [0, 0.1) is 11.8 Å². The van der Waals surface area contributed by atoms with Crippen molar-refractivity contribution in [1.29, 1.82) is 0 Å². The number of likely N-dealkylation sites (N-methyl/N-ethyl adjacent to an activating group) is 1. The zero-order valence-corrected chi connectivity index (χ0v) is 12.0. The fraction of sp³-hybridized carbons (Fsp3) is 0.667. The Labute approximate surface area is 111 Å². The molecule has 2 unspecified atom stereocenters. The average Bonchev–Trinajstić information content (AvgIpc) is 2.70. The van der Waals surface area contributed by atoms with Crippen LogP contribution in [0.3, 0.4) is 0 Å². The summed E-state index contributed by atoms with van der Waals surface area (Å²) < 4.78 is 0. The third-order valence-corrected chi connectivity index (χ3v) is 3.52. The molecule has 18 heavy (non-hydrogen) atoms. The Kier molecular flexibility index (Phi) is 4.10. The minimum atomic E-state index is 0.427. The van der Waals surface area contributed by atoms with Gasteiger partial charge in [0, 0.05) is 38.0 Å². The average molecular weight is 247 g/mol. The van der Waals surface area contributed by atoms with E-state index in [0.29, 0.717) is 17.9 Å². The molecule has 1 aliphatic heterocycles. The molecule has 2 atom stereocenters. The highest BCUT2D eigenvalue weighted by molar-refractivity contribution is 5.68. The normalized spacial score (nSPS) is 25.6. The molecule has 3 nitrogen and oxygen atoms in total. The first-order chi connectivity index (χ1) is 8.61. The highest BCUT2D eigenvalue weighted by Crippen LogP contribution is 2.26. The van der Waals surface area contributed by atoms with Crippen LogP contribution < -0.4 is 0 Å². The van der Waals surface area contributed by atoms with Gasteiger partial charge < -0.3 is 4.90 Å². The first-order valence-corrected chi connectivity index (χ1v) is 7.03. The molecule has 0 aromatic carbocycles. The van der Waals surface area contributed by atoms with Crippen molar-refractivity contribution in [3.05, 3.63) is 23.9 Å². The second-order valence-corrected chi connectivity index (χ2v) is 5.70. The quantitative estimate of drug-likeness (QED) is 0.744. The summed E-state index contributed by atoms with van der Waals surface area (Å²) in [4.78, 5) is 2.50. The van der Waals surface area contributed by atoms with E-state index in [4.69, 9.17) is 0 Å². The molecule has 1 heterocycles. The second-order valence-electron chi connectivity index (χ2n) is 5.70. The smallest absolute Gasteiger partial charge is 0.0765 e. The van der Waals surface area contributed by atoms with E-state index in [1.54, 1.807) is 0 Å². The standard InChI is InChI=1S/C15H25N3/c1-5-8-18(11-12(2)3)14-6-7-15-13(9-14)10-16-17(15)4/h6-7,9-10,12-13,15H,5,8,11H2,1-4H3. The lowest BCUT2D eigenvalue weighted by atomic mass is 9.95. The number of allylic oxidation sites excluding steroid dienone is 1. The maximum atomic E-state index is 4.38. The molecule has 0 bridgehead atoms. The Morgan fingerprint density at radius 3 is 2.89 bits per heavy atom. The lowest BCUT2D eigenvalue weighted by molar-refractivity contribution is 0.288. The maximum absolute atomic E-state index is 4.38. The molecule has 0 spiro atoms. The summed E-state index contributed by atoms with van der Waals surface area (Å²) in [5, 5.41) is 6.42. The van der Waals surface area contributed by atoms with Crippen LogP contribution in [0.1, 0.15) is 27.2 Å². The Morgan fingerprint density at radius 1 is 1.44 bits per heavy atom. The summed E-state index contributed by atoms with van der Waals surface area (Å²) in [5.41, 5.74) is 1.37. The fourth-order valence-corrected chi connectivity index (χ4v) is 2.69. The Bertz CT molecular complexity index is 368. The van der Waals surface area contributed by atoms with Crippen molar-refractivity contribution in [2.75, 3.05) is 20.1 Å². The van der Waals surface area contributed by atoms with Gasteiger partial charge in [0.15, 0.2) is 0 Å². The maximum Gasteiger partial charge on any atom is 0.0765 e. The van der Waals surface area contributed by atoms with Crippen LogP contribution in [0.15, 0.2) is 29.0 Å². The van der Waals surface area contributed by atoms with Gasteiger partial charge in [-0.05, 0) is 18.4 Å². The molecule has 0 amide bonds. The molecule has 0 saturated heterocycles. The van der Waals surface area contributed by atoms with Crippen LogP contribution in [-0.2, 0) is 0 Å². The molecule has 0 aromatic rings. The zero-order valence-electron chi connectivity index (χ0n) is 12.0. The number of fused-ring (bicyclic) bond motifs is 1. The SMILES string of the molecule is CCCN(CC(C)C)C1=CC2C=NN(C)C2C=C1. The molecule has 3 heteroatoms. The summed E-state index contributed by atoms with van der Waals surface area (Å²) in [6, 6.07) is 0.427. The summed E-state index contributed by atoms with van der Waals surface area (Å²) >= 11 is 0. The number of hydrogen-bond donors (Lipinski definition) is 0. The second kappa shape index (κ2) is 5.59. The molecule has 100 valence electrons. The van der Waals surface area contributed by atoms with Crippen LogP contribution >= 0.6 is 0 Å². The predicted octanol–water partition coefficient (Wildman–Crippen LogP) is 2.72. The summed E-state index contributed by atoms with van der Waals surface area (Å²) in [7, 11) is 2.04. The van der Waals surface area contributed by atoms with Crippen LogP contribution in [0.5, 0.6) is 0 Å². The predicted molar refractivity (Wildman–Crippen MR) is 77.5 cm³/mol. The summed E-state index contributed by atoms with van der Waals surface area (Å²) in [6.07, 6.45) is 10.2. The van der Waals surface area contributed by atoms with E-state index in [9.17, 15) is 0 Å². The van der Waals surface area contributed by atoms with Gasteiger partial charge in [-0.2, -0.15) is 5.10 Å². The van der Waals surface area contributed by atoms with E-state index < -0.39 is 0 Å². The first-order valence-electron chi connectivity index (χ1n) is 7.03. The highest BCUT2D eigenvalue weighted by atomic mass is 15.5. The molecule has 0 N–H and O–H groups in total. The Hall–Kier alpha value is -1.25. The number of hydrogen-bond acceptors (Lipinski definition) is 3. The highest BCUT2D eigenvalue weighted by Gasteiger charge is 2.28. The minimum absolute atomic E-state index is 0.427. The first kappa shape index (κ1) is 13.2. The van der Waals surface area contributed by atoms with Crippen molar-refractivity contribution in [2.24, 2.45) is 16.9 Å². The number of nitrogens with zero attached hydrogens (tertiary/aromatic N) is 3. The van der Waals surface area contributed by atoms with Gasteiger partial charge in [-0.25, -0.2) is 0 Å². The zero-order chi connectivity index (χ0) is 13.1. The van der Waals surface area contributed by atoms with Crippen molar-refractivity contribution < 1.29 is 0 Å². The van der Waals surface area contributed by atoms with Crippen molar-refractivity contribution in [3.8, 4) is 0 Å². The van der Waals surface area contributed by atoms with Gasteiger partial charge in [0.05, 0.1) is 6.04 Å². The van der Waals surface area contributed by atoms with Crippen LogP contribution in [0.25, 0.3) is 0 Å². The van der Waals surface area contributed by atoms with Crippen LogP contribution in [-0.4, -0.2) is 42.3 Å². The summed E-state index contributed by atoms with van der Waals surface area (Å²) in [5.74, 6) is 1.14. The van der Waals surface area contributed by atoms with Gasteiger partial charge in [-0.1, -0.05) is 32.9 Å². The van der Waals surface area contributed by atoms with Crippen molar-refractivity contribution >= 4 is 6.21 Å². The largest absolute Gasteiger partial charge is 0.372 e. The van der Waals surface area contributed by atoms with Crippen molar-refractivity contribution in [3.63, 3.8) is 0 Å². The molecule has 0 fully saturated rings. The fourth-order valence-electron chi connectivity index (χ4n) is 2.69. The van der Waals surface area contributed by atoms with Crippen LogP contribution in [0.4, 0.5) is 0 Å². The molecular formula is C15H25N3. The Morgan fingerprint density at radius 2 is 2.22 bits per heavy atom.